The number of nitrogens with two attached hydrogens (primary N) is 1. The van der Waals surface area contributed by atoms with E-state index in [1.54, 1.807) is 10.9 Å². The molecule has 2 aromatic heterocycles. The van der Waals surface area contributed by atoms with E-state index >= 15 is 0 Å². The summed E-state index contributed by atoms with van der Waals surface area (Å²) < 4.78 is 1.77. The monoisotopic (exact) mass is 202 g/mol. The summed E-state index contributed by atoms with van der Waals surface area (Å²) in [4.78, 5) is 4.17. The van der Waals surface area contributed by atoms with Gasteiger partial charge in [-0.2, -0.15) is 5.10 Å². The Kier molecular flexibility index (Phi) is 2.51. The summed E-state index contributed by atoms with van der Waals surface area (Å²) in [5.41, 5.74) is 8.96. The van der Waals surface area contributed by atoms with E-state index in [-0.39, 0.29) is 6.04 Å². The second kappa shape index (κ2) is 3.82. The van der Waals surface area contributed by atoms with E-state index in [0.717, 1.165) is 16.7 Å². The van der Waals surface area contributed by atoms with Crippen LogP contribution in [0.5, 0.6) is 0 Å². The zero-order chi connectivity index (χ0) is 10.8. The molecule has 0 unspecified atom stereocenters. The molecule has 2 aromatic rings. The number of hydrogen-bond acceptors (Lipinski definition) is 3. The van der Waals surface area contributed by atoms with Gasteiger partial charge in [-0.25, -0.2) is 0 Å². The van der Waals surface area contributed by atoms with E-state index in [4.69, 9.17) is 5.73 Å². The summed E-state index contributed by atoms with van der Waals surface area (Å²) >= 11 is 0. The first-order valence-corrected chi connectivity index (χ1v) is 4.86. The third kappa shape index (κ3) is 2.05. The predicted molar refractivity (Wildman–Crippen MR) is 59.0 cm³/mol. The summed E-state index contributed by atoms with van der Waals surface area (Å²) in [6.07, 6.45) is 7.40. The van der Waals surface area contributed by atoms with Crippen LogP contribution in [0.2, 0.25) is 0 Å². The molecule has 0 aliphatic rings. The van der Waals surface area contributed by atoms with E-state index in [1.165, 1.54) is 0 Å². The molecule has 2 heterocycles. The van der Waals surface area contributed by atoms with E-state index in [2.05, 4.69) is 16.1 Å². The highest BCUT2D eigenvalue weighted by molar-refractivity contribution is 5.61. The second-order valence-corrected chi connectivity index (χ2v) is 3.70. The van der Waals surface area contributed by atoms with Crippen LogP contribution in [0.1, 0.15) is 18.5 Å². The van der Waals surface area contributed by atoms with Gasteiger partial charge in [0.2, 0.25) is 0 Å². The number of nitrogens with zero attached hydrogens (tertiary/aromatic N) is 3. The van der Waals surface area contributed by atoms with Gasteiger partial charge in [0.1, 0.15) is 0 Å². The molecule has 0 aliphatic heterocycles. The average Bonchev–Trinajstić information content (AvgIpc) is 2.65. The van der Waals surface area contributed by atoms with Gasteiger partial charge < -0.3 is 5.73 Å². The van der Waals surface area contributed by atoms with Crippen molar-refractivity contribution in [3.05, 3.63) is 36.4 Å². The van der Waals surface area contributed by atoms with Crippen molar-refractivity contribution in [3.63, 3.8) is 0 Å². The van der Waals surface area contributed by atoms with Gasteiger partial charge in [-0.1, -0.05) is 0 Å². The van der Waals surface area contributed by atoms with Gasteiger partial charge in [0.05, 0.1) is 6.20 Å². The maximum absolute atomic E-state index is 5.81. The molecule has 0 aromatic carbocycles. The molecule has 2 N–H and O–H groups in total. The van der Waals surface area contributed by atoms with Gasteiger partial charge in [0, 0.05) is 42.8 Å². The molecule has 2 rings (SSSR count). The summed E-state index contributed by atoms with van der Waals surface area (Å²) in [6, 6.07) is 2.06. The van der Waals surface area contributed by atoms with Gasteiger partial charge >= 0.3 is 0 Å². The molecule has 0 spiro atoms. The average molecular weight is 202 g/mol. The van der Waals surface area contributed by atoms with Crippen LogP contribution < -0.4 is 5.73 Å². The van der Waals surface area contributed by atoms with Crippen LogP contribution in [-0.4, -0.2) is 14.8 Å². The van der Waals surface area contributed by atoms with Crippen LogP contribution in [0.15, 0.2) is 30.9 Å². The highest BCUT2D eigenvalue weighted by Gasteiger charge is 2.04. The zero-order valence-electron chi connectivity index (χ0n) is 8.88. The largest absolute Gasteiger partial charge is 0.324 e. The standard InChI is InChI=1S/C11H14N4/c1-8(12)9-3-10(5-13-4-9)11-6-14-15(2)7-11/h3-8H,12H2,1-2H3/t8-/m0/s1. The van der Waals surface area contributed by atoms with Crippen LogP contribution in [0, 0.1) is 0 Å². The molecule has 4 heteroatoms. The summed E-state index contributed by atoms with van der Waals surface area (Å²) in [5, 5.41) is 4.13. The molecule has 0 saturated carbocycles. The van der Waals surface area contributed by atoms with E-state index in [9.17, 15) is 0 Å². The van der Waals surface area contributed by atoms with Crippen LogP contribution in [-0.2, 0) is 7.05 Å². The molecule has 0 bridgehead atoms. The van der Waals surface area contributed by atoms with E-state index in [0.29, 0.717) is 0 Å². The Bertz CT molecular complexity index is 459. The first-order valence-electron chi connectivity index (χ1n) is 4.86. The van der Waals surface area contributed by atoms with Crippen molar-refractivity contribution in [2.75, 3.05) is 0 Å². The molecule has 0 aliphatic carbocycles. The number of rotatable bonds is 2. The van der Waals surface area contributed by atoms with Crippen molar-refractivity contribution in [2.45, 2.75) is 13.0 Å². The summed E-state index contributed by atoms with van der Waals surface area (Å²) in [7, 11) is 1.90. The lowest BCUT2D eigenvalue weighted by Gasteiger charge is -2.05. The quantitative estimate of drug-likeness (QED) is 0.803. The predicted octanol–water partition coefficient (Wildman–Crippen LogP) is 1.50. The number of hydrogen-bond donors (Lipinski definition) is 1. The Morgan fingerprint density at radius 1 is 1.27 bits per heavy atom. The lowest BCUT2D eigenvalue weighted by atomic mass is 10.1. The molecule has 1 atom stereocenters. The maximum Gasteiger partial charge on any atom is 0.0568 e. The van der Waals surface area contributed by atoms with Gasteiger partial charge in [-0.15, -0.1) is 0 Å². The highest BCUT2D eigenvalue weighted by atomic mass is 15.2. The fourth-order valence-electron chi connectivity index (χ4n) is 1.43. The van der Waals surface area contributed by atoms with Gasteiger partial charge in [0.25, 0.3) is 0 Å². The van der Waals surface area contributed by atoms with Crippen molar-refractivity contribution in [3.8, 4) is 11.1 Å². The fourth-order valence-corrected chi connectivity index (χ4v) is 1.43. The lowest BCUT2D eigenvalue weighted by molar-refractivity contribution is 0.768. The number of aryl methyl sites for hydroxylation is 1. The maximum atomic E-state index is 5.81. The van der Waals surface area contributed by atoms with Crippen molar-refractivity contribution in [1.82, 2.24) is 14.8 Å². The third-order valence-electron chi connectivity index (χ3n) is 2.32. The molecule has 0 fully saturated rings. The van der Waals surface area contributed by atoms with Crippen molar-refractivity contribution < 1.29 is 0 Å². The molecular weight excluding hydrogens is 188 g/mol. The minimum Gasteiger partial charge on any atom is -0.324 e. The first kappa shape index (κ1) is 9.86. The van der Waals surface area contributed by atoms with Gasteiger partial charge in [-0.05, 0) is 18.6 Å². The Balaban J connectivity index is 2.41. The van der Waals surface area contributed by atoms with E-state index in [1.807, 2.05) is 32.6 Å². The van der Waals surface area contributed by atoms with Crippen LogP contribution in [0.4, 0.5) is 0 Å². The summed E-state index contributed by atoms with van der Waals surface area (Å²) in [6.45, 7) is 1.95. The van der Waals surface area contributed by atoms with Crippen molar-refractivity contribution in [2.24, 2.45) is 12.8 Å². The van der Waals surface area contributed by atoms with E-state index < -0.39 is 0 Å². The Morgan fingerprint density at radius 3 is 2.67 bits per heavy atom. The van der Waals surface area contributed by atoms with Crippen molar-refractivity contribution in [1.29, 1.82) is 0 Å². The zero-order valence-corrected chi connectivity index (χ0v) is 8.88. The minimum absolute atomic E-state index is 0.00845. The highest BCUT2D eigenvalue weighted by Crippen LogP contribution is 2.20. The normalized spacial score (nSPS) is 12.7. The topological polar surface area (TPSA) is 56.7 Å². The Hall–Kier alpha value is -1.68. The van der Waals surface area contributed by atoms with Gasteiger partial charge in [0.15, 0.2) is 0 Å². The second-order valence-electron chi connectivity index (χ2n) is 3.70. The molecule has 0 amide bonds. The molecular formula is C11H14N4. The SMILES string of the molecule is C[C@H](N)c1cncc(-c2cnn(C)c2)c1. The van der Waals surface area contributed by atoms with Crippen LogP contribution in [0.3, 0.4) is 0 Å². The Labute approximate surface area is 88.8 Å². The molecule has 78 valence electrons. The summed E-state index contributed by atoms with van der Waals surface area (Å²) in [5.74, 6) is 0. The minimum atomic E-state index is 0.00845. The van der Waals surface area contributed by atoms with Gasteiger partial charge in [-0.3, -0.25) is 9.67 Å². The number of aromatic nitrogens is 3. The molecule has 0 radical (unpaired) electrons. The Morgan fingerprint density at radius 2 is 2.07 bits per heavy atom. The van der Waals surface area contributed by atoms with Crippen LogP contribution in [0.25, 0.3) is 11.1 Å². The molecule has 15 heavy (non-hydrogen) atoms. The molecule has 0 saturated heterocycles. The fraction of sp³-hybridized carbons (Fsp3) is 0.273. The third-order valence-corrected chi connectivity index (χ3v) is 2.32. The molecule has 4 nitrogen and oxygen atoms in total. The van der Waals surface area contributed by atoms with Crippen LogP contribution >= 0.6 is 0 Å². The first-order chi connectivity index (χ1) is 7.16. The lowest BCUT2D eigenvalue weighted by Crippen LogP contribution is -2.05. The number of pyridine rings is 1. The smallest absolute Gasteiger partial charge is 0.0568 e. The van der Waals surface area contributed by atoms with Crippen molar-refractivity contribution >= 4 is 0 Å².